The summed E-state index contributed by atoms with van der Waals surface area (Å²) in [6, 6.07) is 1.50. The van der Waals surface area contributed by atoms with Crippen molar-refractivity contribution in [3.05, 3.63) is 0 Å². The van der Waals surface area contributed by atoms with E-state index in [0.717, 1.165) is 12.6 Å². The Hall–Kier alpha value is -0.120. The molecule has 0 radical (unpaired) electrons. The fourth-order valence-corrected chi connectivity index (χ4v) is 2.68. The fourth-order valence-electron chi connectivity index (χ4n) is 2.68. The monoisotopic (exact) mass is 184 g/mol. The molecule has 3 nitrogen and oxygen atoms in total. The fraction of sp³-hybridized carbons (Fsp3) is 1.00. The predicted molar refractivity (Wildman–Crippen MR) is 52.7 cm³/mol. The van der Waals surface area contributed by atoms with Crippen LogP contribution >= 0.6 is 0 Å². The lowest BCUT2D eigenvalue weighted by molar-refractivity contribution is 0.162. The Morgan fingerprint density at radius 3 is 3.08 bits per heavy atom. The predicted octanol–water partition coefficient (Wildman–Crippen LogP) is 0.195. The van der Waals surface area contributed by atoms with E-state index in [1.807, 2.05) is 0 Å². The van der Waals surface area contributed by atoms with E-state index in [1.54, 1.807) is 0 Å². The maximum Gasteiger partial charge on any atom is 0.0556 e. The van der Waals surface area contributed by atoms with Crippen LogP contribution in [0.1, 0.15) is 25.7 Å². The molecule has 13 heavy (non-hydrogen) atoms. The van der Waals surface area contributed by atoms with Gasteiger partial charge in [-0.1, -0.05) is 0 Å². The number of nitrogens with zero attached hydrogens (tertiary/aromatic N) is 1. The highest BCUT2D eigenvalue weighted by molar-refractivity contribution is 4.88. The van der Waals surface area contributed by atoms with Gasteiger partial charge in [0, 0.05) is 18.6 Å². The molecule has 2 saturated heterocycles. The molecule has 2 N–H and O–H groups in total. The molecule has 2 heterocycles. The normalized spacial score (nSPS) is 34.8. The molecule has 3 heteroatoms. The van der Waals surface area contributed by atoms with Crippen molar-refractivity contribution in [2.45, 2.75) is 37.8 Å². The SMILES string of the molecule is OCCNC1CCN2CCCC2C1. The van der Waals surface area contributed by atoms with E-state index >= 15 is 0 Å². The van der Waals surface area contributed by atoms with Crippen molar-refractivity contribution < 1.29 is 5.11 Å². The van der Waals surface area contributed by atoms with Crippen LogP contribution in [0.25, 0.3) is 0 Å². The Labute approximate surface area is 80.1 Å². The van der Waals surface area contributed by atoms with E-state index in [1.165, 1.54) is 38.8 Å². The summed E-state index contributed by atoms with van der Waals surface area (Å²) in [5, 5.41) is 12.1. The zero-order valence-electron chi connectivity index (χ0n) is 8.21. The lowest BCUT2D eigenvalue weighted by Gasteiger charge is -2.35. The summed E-state index contributed by atoms with van der Waals surface area (Å²) >= 11 is 0. The summed E-state index contributed by atoms with van der Waals surface area (Å²) in [5.74, 6) is 0. The quantitative estimate of drug-likeness (QED) is 0.657. The molecule has 0 spiro atoms. The molecular formula is C10H20N2O. The Kier molecular flexibility index (Phi) is 3.19. The number of aliphatic hydroxyl groups excluding tert-OH is 1. The second kappa shape index (κ2) is 4.40. The van der Waals surface area contributed by atoms with Gasteiger partial charge >= 0.3 is 0 Å². The third-order valence-corrected chi connectivity index (χ3v) is 3.37. The average molecular weight is 184 g/mol. The van der Waals surface area contributed by atoms with Gasteiger partial charge in [-0.25, -0.2) is 0 Å². The Bertz CT molecular complexity index is 163. The van der Waals surface area contributed by atoms with E-state index in [2.05, 4.69) is 10.2 Å². The van der Waals surface area contributed by atoms with Gasteiger partial charge in [0.1, 0.15) is 0 Å². The molecule has 0 amide bonds. The summed E-state index contributed by atoms with van der Waals surface area (Å²) in [4.78, 5) is 2.62. The smallest absolute Gasteiger partial charge is 0.0556 e. The molecule has 2 unspecified atom stereocenters. The maximum absolute atomic E-state index is 8.71. The molecule has 2 fully saturated rings. The molecule has 2 aliphatic rings. The minimum absolute atomic E-state index is 0.269. The topological polar surface area (TPSA) is 35.5 Å². The first-order valence-electron chi connectivity index (χ1n) is 5.48. The van der Waals surface area contributed by atoms with E-state index in [0.29, 0.717) is 6.04 Å². The summed E-state index contributed by atoms with van der Waals surface area (Å²) in [7, 11) is 0. The van der Waals surface area contributed by atoms with Crippen molar-refractivity contribution in [2.24, 2.45) is 0 Å². The average Bonchev–Trinajstić information content (AvgIpc) is 2.61. The highest BCUT2D eigenvalue weighted by Crippen LogP contribution is 2.26. The standard InChI is InChI=1S/C10H20N2O/c13-7-4-11-9-3-6-12-5-1-2-10(12)8-9/h9-11,13H,1-8H2. The number of piperidine rings is 1. The van der Waals surface area contributed by atoms with Gasteiger partial charge in [-0.05, 0) is 38.8 Å². The van der Waals surface area contributed by atoms with Crippen LogP contribution in [0.5, 0.6) is 0 Å². The van der Waals surface area contributed by atoms with Crippen molar-refractivity contribution in [3.8, 4) is 0 Å². The molecule has 0 aromatic heterocycles. The third kappa shape index (κ3) is 2.22. The van der Waals surface area contributed by atoms with E-state index in [4.69, 9.17) is 5.11 Å². The molecule has 0 aromatic rings. The van der Waals surface area contributed by atoms with E-state index < -0.39 is 0 Å². The molecule has 0 aliphatic carbocycles. The second-order valence-electron chi connectivity index (χ2n) is 4.23. The van der Waals surface area contributed by atoms with Gasteiger partial charge in [-0.3, -0.25) is 0 Å². The highest BCUT2D eigenvalue weighted by atomic mass is 16.3. The second-order valence-corrected chi connectivity index (χ2v) is 4.23. The lowest BCUT2D eigenvalue weighted by atomic mass is 9.98. The van der Waals surface area contributed by atoms with Gasteiger partial charge in [-0.15, -0.1) is 0 Å². The van der Waals surface area contributed by atoms with Gasteiger partial charge < -0.3 is 15.3 Å². The Morgan fingerprint density at radius 2 is 2.23 bits per heavy atom. The number of hydrogen-bond acceptors (Lipinski definition) is 3. The molecule has 2 aliphatic heterocycles. The highest BCUT2D eigenvalue weighted by Gasteiger charge is 2.30. The molecule has 0 saturated carbocycles. The van der Waals surface area contributed by atoms with E-state index in [-0.39, 0.29) is 6.61 Å². The van der Waals surface area contributed by atoms with Gasteiger partial charge in [0.2, 0.25) is 0 Å². The van der Waals surface area contributed by atoms with Crippen LogP contribution in [-0.4, -0.2) is 48.3 Å². The minimum Gasteiger partial charge on any atom is -0.395 e. The summed E-state index contributed by atoms with van der Waals surface area (Å²) in [5.41, 5.74) is 0. The lowest BCUT2D eigenvalue weighted by Crippen LogP contribution is -2.46. The summed E-state index contributed by atoms with van der Waals surface area (Å²) < 4.78 is 0. The van der Waals surface area contributed by atoms with Crippen LogP contribution in [0, 0.1) is 0 Å². The summed E-state index contributed by atoms with van der Waals surface area (Å²) in [6.45, 7) is 3.60. The number of aliphatic hydroxyl groups is 1. The van der Waals surface area contributed by atoms with Crippen molar-refractivity contribution in [1.29, 1.82) is 0 Å². The van der Waals surface area contributed by atoms with Gasteiger partial charge in [0.15, 0.2) is 0 Å². The van der Waals surface area contributed by atoms with Crippen molar-refractivity contribution in [3.63, 3.8) is 0 Å². The maximum atomic E-state index is 8.71. The van der Waals surface area contributed by atoms with Crippen molar-refractivity contribution >= 4 is 0 Å². The number of nitrogens with one attached hydrogen (secondary N) is 1. The number of fused-ring (bicyclic) bond motifs is 1. The zero-order valence-corrected chi connectivity index (χ0v) is 8.21. The molecule has 2 atom stereocenters. The van der Waals surface area contributed by atoms with Gasteiger partial charge in [0.25, 0.3) is 0 Å². The molecule has 76 valence electrons. The Morgan fingerprint density at radius 1 is 1.31 bits per heavy atom. The van der Waals surface area contributed by atoms with E-state index in [9.17, 15) is 0 Å². The number of hydrogen-bond donors (Lipinski definition) is 2. The van der Waals surface area contributed by atoms with Crippen LogP contribution in [0.3, 0.4) is 0 Å². The van der Waals surface area contributed by atoms with Crippen molar-refractivity contribution in [1.82, 2.24) is 10.2 Å². The third-order valence-electron chi connectivity index (χ3n) is 3.37. The van der Waals surface area contributed by atoms with Gasteiger partial charge in [-0.2, -0.15) is 0 Å². The first-order chi connectivity index (χ1) is 6.40. The molecule has 0 aromatic carbocycles. The minimum atomic E-state index is 0.269. The summed E-state index contributed by atoms with van der Waals surface area (Å²) in [6.07, 6.45) is 5.32. The molecule has 0 bridgehead atoms. The van der Waals surface area contributed by atoms with Gasteiger partial charge in [0.05, 0.1) is 6.61 Å². The largest absolute Gasteiger partial charge is 0.395 e. The first kappa shape index (κ1) is 9.44. The molecule has 2 rings (SSSR count). The van der Waals surface area contributed by atoms with Crippen LogP contribution in [-0.2, 0) is 0 Å². The van der Waals surface area contributed by atoms with Crippen LogP contribution in [0.4, 0.5) is 0 Å². The van der Waals surface area contributed by atoms with Crippen LogP contribution in [0.15, 0.2) is 0 Å². The molecular weight excluding hydrogens is 164 g/mol. The van der Waals surface area contributed by atoms with Crippen molar-refractivity contribution in [2.75, 3.05) is 26.2 Å². The first-order valence-corrected chi connectivity index (χ1v) is 5.48. The van der Waals surface area contributed by atoms with Crippen LogP contribution in [0.2, 0.25) is 0 Å². The zero-order chi connectivity index (χ0) is 9.10. The number of rotatable bonds is 3. The van der Waals surface area contributed by atoms with Crippen LogP contribution < -0.4 is 5.32 Å². The Balaban J connectivity index is 1.76.